The molecule has 0 aliphatic carbocycles. The fraction of sp³-hybridized carbons (Fsp3) is 0.167. The first-order chi connectivity index (χ1) is 11.3. The van der Waals surface area contributed by atoms with Gasteiger partial charge in [-0.15, -0.1) is 0 Å². The molecule has 1 heterocycles. The van der Waals surface area contributed by atoms with Gasteiger partial charge in [0, 0.05) is 12.0 Å². The second kappa shape index (κ2) is 6.87. The van der Waals surface area contributed by atoms with Crippen LogP contribution in [0.25, 0.3) is 0 Å². The lowest BCUT2D eigenvalue weighted by atomic mass is 9.86. The number of benzene rings is 2. The third-order valence-electron chi connectivity index (χ3n) is 3.82. The van der Waals surface area contributed by atoms with E-state index in [1.54, 1.807) is 0 Å². The fourth-order valence-corrected chi connectivity index (χ4v) is 2.77. The minimum atomic E-state index is -0.233. The van der Waals surface area contributed by atoms with Gasteiger partial charge in [0.25, 0.3) is 5.91 Å². The molecule has 0 radical (unpaired) electrons. The SMILES string of the molecule is CC(NC(=O)c1cn[nH]n1)C(c1ccccc1)c1ccccc1. The van der Waals surface area contributed by atoms with Crippen molar-refractivity contribution in [1.82, 2.24) is 20.7 Å². The molecular formula is C18H18N4O. The Hall–Kier alpha value is -2.95. The molecule has 0 fully saturated rings. The predicted octanol–water partition coefficient (Wildman–Crippen LogP) is 2.76. The first kappa shape index (κ1) is 15.0. The highest BCUT2D eigenvalue weighted by Gasteiger charge is 2.23. The van der Waals surface area contributed by atoms with Gasteiger partial charge in [0.05, 0.1) is 6.20 Å². The molecule has 1 unspecified atom stereocenters. The Balaban J connectivity index is 1.88. The molecule has 0 saturated carbocycles. The average molecular weight is 306 g/mol. The predicted molar refractivity (Wildman–Crippen MR) is 88.0 cm³/mol. The Morgan fingerprint density at radius 2 is 1.57 bits per heavy atom. The molecule has 116 valence electrons. The van der Waals surface area contributed by atoms with Crippen LogP contribution in [0, 0.1) is 0 Å². The number of aromatic amines is 1. The van der Waals surface area contributed by atoms with Crippen molar-refractivity contribution >= 4 is 5.91 Å². The highest BCUT2D eigenvalue weighted by molar-refractivity contribution is 5.92. The molecule has 0 bridgehead atoms. The zero-order chi connectivity index (χ0) is 16.1. The Labute approximate surface area is 134 Å². The van der Waals surface area contributed by atoms with Crippen LogP contribution in [0.4, 0.5) is 0 Å². The summed E-state index contributed by atoms with van der Waals surface area (Å²) in [5.41, 5.74) is 2.61. The molecule has 0 aliphatic rings. The van der Waals surface area contributed by atoms with E-state index < -0.39 is 0 Å². The molecule has 1 atom stereocenters. The average Bonchev–Trinajstić information content (AvgIpc) is 3.12. The van der Waals surface area contributed by atoms with Crippen LogP contribution in [-0.4, -0.2) is 27.4 Å². The van der Waals surface area contributed by atoms with Gasteiger partial charge in [-0.1, -0.05) is 60.7 Å². The smallest absolute Gasteiger partial charge is 0.273 e. The van der Waals surface area contributed by atoms with E-state index in [0.717, 1.165) is 11.1 Å². The largest absolute Gasteiger partial charge is 0.347 e. The van der Waals surface area contributed by atoms with Crippen molar-refractivity contribution in [2.24, 2.45) is 0 Å². The Bertz CT molecular complexity index is 702. The van der Waals surface area contributed by atoms with E-state index >= 15 is 0 Å². The maximum absolute atomic E-state index is 12.2. The molecule has 3 rings (SSSR count). The van der Waals surface area contributed by atoms with E-state index in [9.17, 15) is 4.79 Å². The first-order valence-electron chi connectivity index (χ1n) is 7.52. The Morgan fingerprint density at radius 1 is 1.00 bits per heavy atom. The van der Waals surface area contributed by atoms with Crippen molar-refractivity contribution in [2.75, 3.05) is 0 Å². The fourth-order valence-electron chi connectivity index (χ4n) is 2.77. The molecule has 0 spiro atoms. The maximum atomic E-state index is 12.2. The van der Waals surface area contributed by atoms with Gasteiger partial charge < -0.3 is 5.32 Å². The summed E-state index contributed by atoms with van der Waals surface area (Å²) in [5, 5.41) is 13.0. The van der Waals surface area contributed by atoms with Gasteiger partial charge in [-0.25, -0.2) is 0 Å². The van der Waals surface area contributed by atoms with E-state index in [-0.39, 0.29) is 23.6 Å². The van der Waals surface area contributed by atoms with Crippen molar-refractivity contribution in [3.05, 3.63) is 83.7 Å². The van der Waals surface area contributed by atoms with Crippen molar-refractivity contribution in [1.29, 1.82) is 0 Å². The molecule has 1 aromatic heterocycles. The van der Waals surface area contributed by atoms with Crippen LogP contribution >= 0.6 is 0 Å². The topological polar surface area (TPSA) is 70.7 Å². The number of aromatic nitrogens is 3. The van der Waals surface area contributed by atoms with Gasteiger partial charge in [0.1, 0.15) is 0 Å². The van der Waals surface area contributed by atoms with Crippen molar-refractivity contribution < 1.29 is 4.79 Å². The zero-order valence-corrected chi connectivity index (χ0v) is 12.8. The third kappa shape index (κ3) is 3.45. The van der Waals surface area contributed by atoms with Crippen LogP contribution in [0.1, 0.15) is 34.5 Å². The van der Waals surface area contributed by atoms with Gasteiger partial charge in [-0.05, 0) is 18.1 Å². The van der Waals surface area contributed by atoms with Crippen LogP contribution in [0.3, 0.4) is 0 Å². The van der Waals surface area contributed by atoms with Crippen molar-refractivity contribution in [3.8, 4) is 0 Å². The number of nitrogens with zero attached hydrogens (tertiary/aromatic N) is 2. The number of hydrogen-bond donors (Lipinski definition) is 2. The standard InChI is InChI=1S/C18H18N4O/c1-13(20-18(23)16-12-19-22-21-16)17(14-8-4-2-5-9-14)15-10-6-3-7-11-15/h2-13,17H,1H3,(H,20,23)(H,19,21,22). The second-order valence-corrected chi connectivity index (χ2v) is 5.42. The van der Waals surface area contributed by atoms with E-state index in [4.69, 9.17) is 0 Å². The zero-order valence-electron chi connectivity index (χ0n) is 12.8. The second-order valence-electron chi connectivity index (χ2n) is 5.42. The number of carbonyl (C=O) groups is 1. The quantitative estimate of drug-likeness (QED) is 0.761. The normalized spacial score (nSPS) is 12.1. The molecule has 2 N–H and O–H groups in total. The van der Waals surface area contributed by atoms with Crippen LogP contribution in [0.2, 0.25) is 0 Å². The van der Waals surface area contributed by atoms with Gasteiger partial charge in [-0.3, -0.25) is 4.79 Å². The van der Waals surface area contributed by atoms with Crippen molar-refractivity contribution in [3.63, 3.8) is 0 Å². The number of H-pyrrole nitrogens is 1. The highest BCUT2D eigenvalue weighted by Crippen LogP contribution is 2.28. The molecule has 3 aromatic rings. The summed E-state index contributed by atoms with van der Waals surface area (Å²) < 4.78 is 0. The van der Waals surface area contributed by atoms with Crippen LogP contribution in [0.5, 0.6) is 0 Å². The Kier molecular flexibility index (Phi) is 4.47. The van der Waals surface area contributed by atoms with E-state index in [2.05, 4.69) is 45.0 Å². The lowest BCUT2D eigenvalue weighted by molar-refractivity contribution is 0.0932. The lowest BCUT2D eigenvalue weighted by Gasteiger charge is -2.25. The first-order valence-corrected chi connectivity index (χ1v) is 7.52. The van der Waals surface area contributed by atoms with E-state index in [1.165, 1.54) is 6.20 Å². The molecule has 5 heteroatoms. The minimum Gasteiger partial charge on any atom is -0.347 e. The minimum absolute atomic E-state index is 0.0632. The summed E-state index contributed by atoms with van der Waals surface area (Å²) in [6, 6.07) is 20.3. The highest BCUT2D eigenvalue weighted by atomic mass is 16.2. The summed E-state index contributed by atoms with van der Waals surface area (Å²) in [7, 11) is 0. The number of rotatable bonds is 5. The van der Waals surface area contributed by atoms with Gasteiger partial charge in [-0.2, -0.15) is 15.4 Å². The third-order valence-corrected chi connectivity index (χ3v) is 3.82. The molecule has 0 aliphatic heterocycles. The van der Waals surface area contributed by atoms with Crippen LogP contribution in [-0.2, 0) is 0 Å². The Morgan fingerprint density at radius 3 is 2.04 bits per heavy atom. The summed E-state index contributed by atoms with van der Waals surface area (Å²) in [6.45, 7) is 2.00. The monoisotopic (exact) mass is 306 g/mol. The van der Waals surface area contributed by atoms with Gasteiger partial charge >= 0.3 is 0 Å². The molecule has 1 amide bonds. The number of carbonyl (C=O) groups excluding carboxylic acids is 1. The van der Waals surface area contributed by atoms with Crippen molar-refractivity contribution in [2.45, 2.75) is 18.9 Å². The number of nitrogens with one attached hydrogen (secondary N) is 2. The van der Waals surface area contributed by atoms with Crippen LogP contribution in [0.15, 0.2) is 66.9 Å². The summed E-state index contributed by atoms with van der Waals surface area (Å²) in [4.78, 5) is 12.2. The molecule has 0 saturated heterocycles. The molecule has 2 aromatic carbocycles. The molecular weight excluding hydrogens is 288 g/mol. The summed E-state index contributed by atoms with van der Waals surface area (Å²) >= 11 is 0. The number of hydrogen-bond acceptors (Lipinski definition) is 3. The maximum Gasteiger partial charge on any atom is 0.273 e. The van der Waals surface area contributed by atoms with Gasteiger partial charge in [0.15, 0.2) is 5.69 Å². The van der Waals surface area contributed by atoms with Crippen LogP contribution < -0.4 is 5.32 Å². The lowest BCUT2D eigenvalue weighted by Crippen LogP contribution is -2.37. The summed E-state index contributed by atoms with van der Waals surface area (Å²) in [6.07, 6.45) is 1.42. The summed E-state index contributed by atoms with van der Waals surface area (Å²) in [5.74, 6) is -0.170. The molecule has 5 nitrogen and oxygen atoms in total. The number of amides is 1. The van der Waals surface area contributed by atoms with Gasteiger partial charge in [0.2, 0.25) is 0 Å². The van der Waals surface area contributed by atoms with E-state index in [1.807, 2.05) is 43.3 Å². The molecule has 23 heavy (non-hydrogen) atoms. The van der Waals surface area contributed by atoms with E-state index in [0.29, 0.717) is 0 Å².